The molecule has 7 heteroatoms. The molecule has 30 heavy (non-hydrogen) atoms. The number of aromatic nitrogens is 2. The molecule has 0 aliphatic rings. The van der Waals surface area contributed by atoms with E-state index in [9.17, 15) is 4.79 Å². The van der Waals surface area contributed by atoms with Crippen molar-refractivity contribution in [3.63, 3.8) is 0 Å². The predicted octanol–water partition coefficient (Wildman–Crippen LogP) is 4.67. The molecule has 4 rings (SSSR count). The number of ether oxygens (including phenoxy) is 2. The van der Waals surface area contributed by atoms with Crippen molar-refractivity contribution in [2.75, 3.05) is 19.5 Å². The van der Waals surface area contributed by atoms with Gasteiger partial charge in [-0.1, -0.05) is 47.6 Å². The normalized spacial score (nSPS) is 10.5. The molecule has 1 aromatic heterocycles. The smallest absolute Gasteiger partial charge is 0.259 e. The molecule has 1 N–H and O–H groups in total. The van der Waals surface area contributed by atoms with Gasteiger partial charge in [-0.05, 0) is 24.3 Å². The Balaban J connectivity index is 1.64. The van der Waals surface area contributed by atoms with Gasteiger partial charge >= 0.3 is 0 Å². The molecule has 0 atom stereocenters. The highest BCUT2D eigenvalue weighted by Gasteiger charge is 2.19. The van der Waals surface area contributed by atoms with Crippen molar-refractivity contribution in [1.82, 2.24) is 10.1 Å². The van der Waals surface area contributed by atoms with E-state index < -0.39 is 0 Å². The molecule has 0 saturated heterocycles. The van der Waals surface area contributed by atoms with Gasteiger partial charge < -0.3 is 19.3 Å². The first kappa shape index (κ1) is 19.2. The first-order valence-electron chi connectivity index (χ1n) is 9.21. The molecule has 0 fully saturated rings. The van der Waals surface area contributed by atoms with Gasteiger partial charge in [0.05, 0.1) is 31.0 Å². The Morgan fingerprint density at radius 2 is 1.70 bits per heavy atom. The maximum Gasteiger partial charge on any atom is 0.259 e. The Morgan fingerprint density at radius 3 is 2.47 bits per heavy atom. The summed E-state index contributed by atoms with van der Waals surface area (Å²) in [5, 5.41) is 6.91. The van der Waals surface area contributed by atoms with Crippen LogP contribution in [0.1, 0.15) is 10.4 Å². The molecule has 7 nitrogen and oxygen atoms in total. The minimum atomic E-state index is -0.325. The van der Waals surface area contributed by atoms with Crippen molar-refractivity contribution >= 4 is 11.6 Å². The Morgan fingerprint density at radius 1 is 0.933 bits per heavy atom. The fourth-order valence-corrected chi connectivity index (χ4v) is 3.00. The third-order valence-corrected chi connectivity index (χ3v) is 4.52. The van der Waals surface area contributed by atoms with Crippen LogP contribution in [0.3, 0.4) is 0 Å². The lowest BCUT2D eigenvalue weighted by Crippen LogP contribution is -2.14. The number of amides is 1. The number of rotatable bonds is 6. The highest BCUT2D eigenvalue weighted by Crippen LogP contribution is 2.31. The van der Waals surface area contributed by atoms with E-state index in [0.717, 1.165) is 5.56 Å². The second kappa shape index (κ2) is 8.48. The van der Waals surface area contributed by atoms with Gasteiger partial charge in [-0.3, -0.25) is 4.79 Å². The average molecular weight is 401 g/mol. The van der Waals surface area contributed by atoms with Crippen LogP contribution >= 0.6 is 0 Å². The molecule has 3 aromatic carbocycles. The summed E-state index contributed by atoms with van der Waals surface area (Å²) in [6, 6.07) is 21.7. The van der Waals surface area contributed by atoms with E-state index in [2.05, 4.69) is 15.5 Å². The molecule has 0 bridgehead atoms. The zero-order valence-electron chi connectivity index (χ0n) is 16.5. The first-order chi connectivity index (χ1) is 14.7. The summed E-state index contributed by atoms with van der Waals surface area (Å²) in [6.45, 7) is 0. The number of hydrogen-bond acceptors (Lipinski definition) is 6. The van der Waals surface area contributed by atoms with E-state index in [0.29, 0.717) is 34.1 Å². The van der Waals surface area contributed by atoms with Crippen molar-refractivity contribution in [2.45, 2.75) is 0 Å². The SMILES string of the molecule is COc1ccc(NC(=O)c2ccccc2-c2nc(-c3ccccc3)no2)c(OC)c1. The van der Waals surface area contributed by atoms with Crippen molar-refractivity contribution in [2.24, 2.45) is 0 Å². The Hall–Kier alpha value is -4.13. The van der Waals surface area contributed by atoms with Crippen molar-refractivity contribution in [3.8, 4) is 34.3 Å². The van der Waals surface area contributed by atoms with Crippen molar-refractivity contribution < 1.29 is 18.8 Å². The van der Waals surface area contributed by atoms with Crippen LogP contribution in [-0.2, 0) is 0 Å². The van der Waals surface area contributed by atoms with Crippen LogP contribution in [0.15, 0.2) is 77.3 Å². The number of nitrogens with one attached hydrogen (secondary N) is 1. The van der Waals surface area contributed by atoms with Crippen molar-refractivity contribution in [3.05, 3.63) is 78.4 Å². The zero-order valence-corrected chi connectivity index (χ0v) is 16.5. The highest BCUT2D eigenvalue weighted by atomic mass is 16.5. The number of benzene rings is 3. The predicted molar refractivity (Wildman–Crippen MR) is 113 cm³/mol. The van der Waals surface area contributed by atoms with Crippen LogP contribution in [0.25, 0.3) is 22.8 Å². The fourth-order valence-electron chi connectivity index (χ4n) is 3.00. The van der Waals surface area contributed by atoms with Gasteiger partial charge in [0.15, 0.2) is 0 Å². The average Bonchev–Trinajstić information content (AvgIpc) is 3.30. The number of anilines is 1. The number of hydrogen-bond donors (Lipinski definition) is 1. The molecule has 150 valence electrons. The molecule has 1 heterocycles. The summed E-state index contributed by atoms with van der Waals surface area (Å²) < 4.78 is 16.0. The van der Waals surface area contributed by atoms with Gasteiger partial charge in [-0.15, -0.1) is 0 Å². The van der Waals surface area contributed by atoms with E-state index in [4.69, 9.17) is 14.0 Å². The molecular weight excluding hydrogens is 382 g/mol. The second-order valence-electron chi connectivity index (χ2n) is 6.36. The van der Waals surface area contributed by atoms with Crippen molar-refractivity contribution in [1.29, 1.82) is 0 Å². The summed E-state index contributed by atoms with van der Waals surface area (Å²) >= 11 is 0. The van der Waals surface area contributed by atoms with Crippen LogP contribution in [0.4, 0.5) is 5.69 Å². The monoisotopic (exact) mass is 401 g/mol. The van der Waals surface area contributed by atoms with Gasteiger partial charge in [0.1, 0.15) is 11.5 Å². The second-order valence-corrected chi connectivity index (χ2v) is 6.36. The third kappa shape index (κ3) is 3.86. The Labute approximate surface area is 173 Å². The lowest BCUT2D eigenvalue weighted by atomic mass is 10.1. The van der Waals surface area contributed by atoms with Gasteiger partial charge in [-0.25, -0.2) is 0 Å². The number of carbonyl (C=O) groups excluding carboxylic acids is 1. The topological polar surface area (TPSA) is 86.5 Å². The number of methoxy groups -OCH3 is 2. The van der Waals surface area contributed by atoms with Gasteiger partial charge in [0.2, 0.25) is 5.82 Å². The van der Waals surface area contributed by atoms with E-state index >= 15 is 0 Å². The summed E-state index contributed by atoms with van der Waals surface area (Å²) in [6.07, 6.45) is 0. The van der Waals surface area contributed by atoms with Crippen LogP contribution < -0.4 is 14.8 Å². The van der Waals surface area contributed by atoms with E-state index in [1.807, 2.05) is 36.4 Å². The molecule has 0 unspecified atom stereocenters. The first-order valence-corrected chi connectivity index (χ1v) is 9.21. The molecule has 0 saturated carbocycles. The van der Waals surface area contributed by atoms with Gasteiger partial charge in [0.25, 0.3) is 11.8 Å². The van der Waals surface area contributed by atoms with Gasteiger partial charge in [0, 0.05) is 11.6 Å². The lowest BCUT2D eigenvalue weighted by molar-refractivity contribution is 0.102. The van der Waals surface area contributed by atoms with Gasteiger partial charge in [-0.2, -0.15) is 4.98 Å². The minimum absolute atomic E-state index is 0.265. The molecule has 4 aromatic rings. The van der Waals surface area contributed by atoms with Crippen LogP contribution in [-0.4, -0.2) is 30.3 Å². The quantitative estimate of drug-likeness (QED) is 0.505. The molecule has 1 amide bonds. The Kier molecular flexibility index (Phi) is 5.43. The van der Waals surface area contributed by atoms with E-state index in [1.54, 1.807) is 43.5 Å². The van der Waals surface area contributed by atoms with Crippen LogP contribution in [0.5, 0.6) is 11.5 Å². The molecule has 0 radical (unpaired) electrons. The summed E-state index contributed by atoms with van der Waals surface area (Å²) in [4.78, 5) is 17.5. The largest absolute Gasteiger partial charge is 0.497 e. The summed E-state index contributed by atoms with van der Waals surface area (Å²) in [7, 11) is 3.10. The summed E-state index contributed by atoms with van der Waals surface area (Å²) in [5.41, 5.74) is 2.29. The van der Waals surface area contributed by atoms with E-state index in [-0.39, 0.29) is 11.8 Å². The molecule has 0 aliphatic carbocycles. The minimum Gasteiger partial charge on any atom is -0.497 e. The van der Waals surface area contributed by atoms with E-state index in [1.165, 1.54) is 7.11 Å². The molecule has 0 spiro atoms. The molecular formula is C23H19N3O4. The third-order valence-electron chi connectivity index (χ3n) is 4.52. The summed E-state index contributed by atoms with van der Waals surface area (Å²) in [5.74, 6) is 1.52. The fraction of sp³-hybridized carbons (Fsp3) is 0.0870. The number of nitrogens with zero attached hydrogens (tertiary/aromatic N) is 2. The maximum absolute atomic E-state index is 13.0. The zero-order chi connectivity index (χ0) is 20.9. The standard InChI is InChI=1S/C23H19N3O4/c1-28-16-12-13-19(20(14-16)29-2)24-22(27)17-10-6-7-11-18(17)23-25-21(26-30-23)15-8-4-3-5-9-15/h3-14H,1-2H3,(H,24,27). The molecule has 0 aliphatic heterocycles. The maximum atomic E-state index is 13.0. The van der Waals surface area contributed by atoms with Crippen LogP contribution in [0, 0.1) is 0 Å². The lowest BCUT2D eigenvalue weighted by Gasteiger charge is -2.12. The Bertz CT molecular complexity index is 1170. The number of carbonyl (C=O) groups is 1. The van der Waals surface area contributed by atoms with Crippen LogP contribution in [0.2, 0.25) is 0 Å². The highest BCUT2D eigenvalue weighted by molar-refractivity contribution is 6.08.